The highest BCUT2D eigenvalue weighted by Gasteiger charge is 2.07. The molecule has 0 atom stereocenters. The van der Waals surface area contributed by atoms with E-state index in [0.717, 1.165) is 12.1 Å². The summed E-state index contributed by atoms with van der Waals surface area (Å²) in [5, 5.41) is 3.42. The maximum absolute atomic E-state index is 10.5. The minimum Gasteiger partial charge on any atom is -0.369 e. The zero-order chi connectivity index (χ0) is 13.6. The first kappa shape index (κ1) is 14.3. The maximum Gasteiger partial charge on any atom is 0.229 e. The number of hydrogen-bond acceptors (Lipinski definition) is 2. The van der Waals surface area contributed by atoms with Gasteiger partial charge < -0.3 is 11.1 Å². The van der Waals surface area contributed by atoms with Gasteiger partial charge in [-0.05, 0) is 38.5 Å². The minimum absolute atomic E-state index is 0.104. The number of nitrogens with two attached hydrogens (primary N) is 1. The number of primary amides is 1. The van der Waals surface area contributed by atoms with Gasteiger partial charge in [0.2, 0.25) is 5.91 Å². The van der Waals surface area contributed by atoms with Gasteiger partial charge in [-0.1, -0.05) is 24.0 Å². The number of rotatable bonds is 3. The average Bonchev–Trinajstić information content (AvgIpc) is 2.26. The van der Waals surface area contributed by atoms with Crippen molar-refractivity contribution in [2.45, 2.75) is 39.3 Å². The van der Waals surface area contributed by atoms with Crippen LogP contribution in [0.3, 0.4) is 0 Å². The molecular formula is C15H20N2O. The molecule has 0 heterocycles. The van der Waals surface area contributed by atoms with E-state index in [1.54, 1.807) is 0 Å². The molecule has 0 saturated heterocycles. The van der Waals surface area contributed by atoms with Crippen molar-refractivity contribution < 1.29 is 4.79 Å². The van der Waals surface area contributed by atoms with Crippen molar-refractivity contribution in [3.05, 3.63) is 35.4 Å². The standard InChI is InChI=1S/C15H20N2O/c1-15(2,3)17-11-13-9-7-12(8-10-13)5-4-6-14(16)18/h7-10,17H,6,11H2,1-3H3,(H2,16,18). The van der Waals surface area contributed by atoms with E-state index in [4.69, 9.17) is 5.73 Å². The summed E-state index contributed by atoms with van der Waals surface area (Å²) < 4.78 is 0. The van der Waals surface area contributed by atoms with Crippen molar-refractivity contribution in [1.29, 1.82) is 0 Å². The average molecular weight is 244 g/mol. The number of hydrogen-bond donors (Lipinski definition) is 2. The van der Waals surface area contributed by atoms with Crippen LogP contribution < -0.4 is 11.1 Å². The Bertz CT molecular complexity index is 458. The first-order chi connectivity index (χ1) is 8.37. The summed E-state index contributed by atoms with van der Waals surface area (Å²) in [7, 11) is 0. The normalized spacial score (nSPS) is 10.6. The molecule has 0 aliphatic rings. The molecule has 0 unspecified atom stereocenters. The van der Waals surface area contributed by atoms with Crippen LogP contribution in [-0.2, 0) is 11.3 Å². The van der Waals surface area contributed by atoms with Crippen LogP contribution >= 0.6 is 0 Å². The lowest BCUT2D eigenvalue weighted by atomic mass is 10.1. The molecule has 3 heteroatoms. The third-order valence-corrected chi connectivity index (χ3v) is 2.27. The van der Waals surface area contributed by atoms with E-state index in [1.807, 2.05) is 24.3 Å². The fourth-order valence-corrected chi connectivity index (χ4v) is 1.31. The lowest BCUT2D eigenvalue weighted by Crippen LogP contribution is -2.35. The van der Waals surface area contributed by atoms with E-state index in [9.17, 15) is 4.79 Å². The number of benzene rings is 1. The van der Waals surface area contributed by atoms with Gasteiger partial charge in [0.1, 0.15) is 0 Å². The van der Waals surface area contributed by atoms with Gasteiger partial charge in [0, 0.05) is 17.6 Å². The van der Waals surface area contributed by atoms with Crippen molar-refractivity contribution in [3.63, 3.8) is 0 Å². The molecule has 1 rings (SSSR count). The first-order valence-electron chi connectivity index (χ1n) is 5.98. The van der Waals surface area contributed by atoms with Crippen LogP contribution in [0, 0.1) is 11.8 Å². The van der Waals surface area contributed by atoms with Gasteiger partial charge in [0.25, 0.3) is 0 Å². The first-order valence-corrected chi connectivity index (χ1v) is 5.98. The molecule has 0 aliphatic carbocycles. The Labute approximate surface area is 109 Å². The second-order valence-corrected chi connectivity index (χ2v) is 5.25. The smallest absolute Gasteiger partial charge is 0.229 e. The van der Waals surface area contributed by atoms with Crippen molar-refractivity contribution in [3.8, 4) is 11.8 Å². The molecule has 0 aliphatic heterocycles. The number of carbonyl (C=O) groups is 1. The molecule has 1 amide bonds. The van der Waals surface area contributed by atoms with Crippen LogP contribution in [0.1, 0.15) is 38.3 Å². The lowest BCUT2D eigenvalue weighted by molar-refractivity contribution is -0.117. The summed E-state index contributed by atoms with van der Waals surface area (Å²) >= 11 is 0. The van der Waals surface area contributed by atoms with Crippen molar-refractivity contribution >= 4 is 5.91 Å². The van der Waals surface area contributed by atoms with Crippen LogP contribution in [0.15, 0.2) is 24.3 Å². The molecule has 1 aromatic rings. The van der Waals surface area contributed by atoms with Gasteiger partial charge in [0.05, 0.1) is 6.42 Å². The van der Waals surface area contributed by atoms with Gasteiger partial charge in [-0.3, -0.25) is 4.79 Å². The Morgan fingerprint density at radius 3 is 2.39 bits per heavy atom. The van der Waals surface area contributed by atoms with E-state index >= 15 is 0 Å². The quantitative estimate of drug-likeness (QED) is 0.797. The highest BCUT2D eigenvalue weighted by Crippen LogP contribution is 2.06. The number of amides is 1. The molecule has 18 heavy (non-hydrogen) atoms. The van der Waals surface area contributed by atoms with Crippen LogP contribution in [0.4, 0.5) is 0 Å². The van der Waals surface area contributed by atoms with Gasteiger partial charge >= 0.3 is 0 Å². The zero-order valence-corrected chi connectivity index (χ0v) is 11.2. The van der Waals surface area contributed by atoms with Gasteiger partial charge in [-0.2, -0.15) is 0 Å². The summed E-state index contributed by atoms with van der Waals surface area (Å²) in [6.07, 6.45) is 0.104. The van der Waals surface area contributed by atoms with E-state index in [0.29, 0.717) is 0 Å². The molecule has 0 saturated carbocycles. The zero-order valence-electron chi connectivity index (χ0n) is 11.2. The molecule has 0 spiro atoms. The summed E-state index contributed by atoms with van der Waals surface area (Å²) in [6.45, 7) is 7.24. The number of nitrogens with one attached hydrogen (secondary N) is 1. The Morgan fingerprint density at radius 2 is 1.89 bits per heavy atom. The predicted molar refractivity (Wildman–Crippen MR) is 73.7 cm³/mol. The van der Waals surface area contributed by atoms with Gasteiger partial charge in [0.15, 0.2) is 0 Å². The molecule has 0 aromatic heterocycles. The van der Waals surface area contributed by atoms with Crippen molar-refractivity contribution in [1.82, 2.24) is 5.32 Å². The van der Waals surface area contributed by atoms with Crippen molar-refractivity contribution in [2.75, 3.05) is 0 Å². The summed E-state index contributed by atoms with van der Waals surface area (Å²) in [6, 6.07) is 7.97. The molecule has 0 radical (unpaired) electrons. The Morgan fingerprint density at radius 1 is 1.28 bits per heavy atom. The summed E-state index contributed by atoms with van der Waals surface area (Å²) in [4.78, 5) is 10.5. The van der Waals surface area contributed by atoms with Crippen LogP contribution in [0.2, 0.25) is 0 Å². The monoisotopic (exact) mass is 244 g/mol. The van der Waals surface area contributed by atoms with E-state index in [1.165, 1.54) is 5.56 Å². The Balaban J connectivity index is 2.57. The lowest BCUT2D eigenvalue weighted by Gasteiger charge is -2.20. The van der Waals surface area contributed by atoms with Gasteiger partial charge in [-0.25, -0.2) is 0 Å². The van der Waals surface area contributed by atoms with E-state index in [2.05, 4.69) is 37.9 Å². The minimum atomic E-state index is -0.395. The molecule has 0 bridgehead atoms. The SMILES string of the molecule is CC(C)(C)NCc1ccc(C#CCC(N)=O)cc1. The second kappa shape index (κ2) is 6.23. The summed E-state index contributed by atoms with van der Waals surface area (Å²) in [5.74, 6) is 5.25. The van der Waals surface area contributed by atoms with E-state index in [-0.39, 0.29) is 12.0 Å². The topological polar surface area (TPSA) is 55.1 Å². The third kappa shape index (κ3) is 6.07. The Kier molecular flexibility index (Phi) is 4.94. The molecule has 1 aromatic carbocycles. The fraction of sp³-hybridized carbons (Fsp3) is 0.400. The molecular weight excluding hydrogens is 224 g/mol. The van der Waals surface area contributed by atoms with Crippen molar-refractivity contribution in [2.24, 2.45) is 5.73 Å². The van der Waals surface area contributed by atoms with Gasteiger partial charge in [-0.15, -0.1) is 0 Å². The molecule has 96 valence electrons. The van der Waals surface area contributed by atoms with Crippen LogP contribution in [0.5, 0.6) is 0 Å². The second-order valence-electron chi connectivity index (χ2n) is 5.25. The van der Waals surface area contributed by atoms with Crippen LogP contribution in [-0.4, -0.2) is 11.4 Å². The predicted octanol–water partition coefficient (Wildman–Crippen LogP) is 1.80. The largest absolute Gasteiger partial charge is 0.369 e. The van der Waals surface area contributed by atoms with E-state index < -0.39 is 5.91 Å². The molecule has 3 N–H and O–H groups in total. The Hall–Kier alpha value is -1.79. The van der Waals surface area contributed by atoms with Crippen LogP contribution in [0.25, 0.3) is 0 Å². The highest BCUT2D eigenvalue weighted by atomic mass is 16.1. The third-order valence-electron chi connectivity index (χ3n) is 2.27. The summed E-state index contributed by atoms with van der Waals surface area (Å²) in [5.41, 5.74) is 7.23. The number of carbonyl (C=O) groups excluding carboxylic acids is 1. The maximum atomic E-state index is 10.5. The molecule has 3 nitrogen and oxygen atoms in total. The molecule has 0 fully saturated rings. The highest BCUT2D eigenvalue weighted by molar-refractivity contribution is 5.76. The fourth-order valence-electron chi connectivity index (χ4n) is 1.31.